The zero-order valence-corrected chi connectivity index (χ0v) is 13.7. The van der Waals surface area contributed by atoms with E-state index < -0.39 is 11.7 Å². The predicted molar refractivity (Wildman–Crippen MR) is 92.1 cm³/mol. The van der Waals surface area contributed by atoms with Gasteiger partial charge in [-0.2, -0.15) is 13.2 Å². The summed E-state index contributed by atoms with van der Waals surface area (Å²) in [7, 11) is 0. The van der Waals surface area contributed by atoms with Crippen molar-refractivity contribution in [3.05, 3.63) is 58.6 Å². The summed E-state index contributed by atoms with van der Waals surface area (Å²) >= 11 is 10.7. The smallest absolute Gasteiger partial charge is 0.332 e. The van der Waals surface area contributed by atoms with Crippen molar-refractivity contribution in [1.29, 1.82) is 0 Å². The standard InChI is InChI=1S/C16H14ClF3N2S/c1-2-10-3-5-11(6-4-10)21-15(23)22-12-7-8-14(17)13(9-12)16(18,19)20/h3-9H,2H2,1H3,(H2,21,22,23). The van der Waals surface area contributed by atoms with E-state index >= 15 is 0 Å². The first kappa shape index (κ1) is 17.6. The zero-order chi connectivity index (χ0) is 17.0. The molecule has 2 aromatic rings. The number of hydrogen-bond donors (Lipinski definition) is 2. The van der Waals surface area contributed by atoms with Crippen molar-refractivity contribution in [3.63, 3.8) is 0 Å². The number of benzene rings is 2. The van der Waals surface area contributed by atoms with E-state index in [1.165, 1.54) is 17.7 Å². The Hall–Kier alpha value is -1.79. The number of halogens is 4. The van der Waals surface area contributed by atoms with Crippen LogP contribution in [0.15, 0.2) is 42.5 Å². The molecule has 122 valence electrons. The summed E-state index contributed by atoms with van der Waals surface area (Å²) in [5.74, 6) is 0. The lowest BCUT2D eigenvalue weighted by Crippen LogP contribution is -2.19. The molecule has 0 saturated carbocycles. The zero-order valence-electron chi connectivity index (χ0n) is 12.2. The van der Waals surface area contributed by atoms with Crippen LogP contribution in [0.2, 0.25) is 5.02 Å². The van der Waals surface area contributed by atoms with Crippen LogP contribution in [0.3, 0.4) is 0 Å². The van der Waals surface area contributed by atoms with Gasteiger partial charge in [-0.25, -0.2) is 0 Å². The SMILES string of the molecule is CCc1ccc(NC(=S)Nc2ccc(Cl)c(C(F)(F)F)c2)cc1. The summed E-state index contributed by atoms with van der Waals surface area (Å²) < 4.78 is 38.5. The molecule has 0 spiro atoms. The fourth-order valence-corrected chi connectivity index (χ4v) is 2.40. The van der Waals surface area contributed by atoms with Crippen molar-refractivity contribution >= 4 is 40.3 Å². The number of thiocarbonyl (C=S) groups is 1. The minimum atomic E-state index is -4.51. The second-order valence-corrected chi connectivity index (χ2v) is 5.64. The second kappa shape index (κ2) is 7.19. The van der Waals surface area contributed by atoms with E-state index in [1.54, 1.807) is 0 Å². The van der Waals surface area contributed by atoms with Crippen LogP contribution in [-0.2, 0) is 12.6 Å². The van der Waals surface area contributed by atoms with Crippen LogP contribution in [0, 0.1) is 0 Å². The Morgan fingerprint density at radius 3 is 2.17 bits per heavy atom. The molecular weight excluding hydrogens is 345 g/mol. The minimum Gasteiger partial charge on any atom is -0.332 e. The average molecular weight is 359 g/mol. The maximum atomic E-state index is 12.8. The number of hydrogen-bond acceptors (Lipinski definition) is 1. The molecule has 2 aromatic carbocycles. The van der Waals surface area contributed by atoms with E-state index in [1.807, 2.05) is 31.2 Å². The van der Waals surface area contributed by atoms with Gasteiger partial charge in [0.05, 0.1) is 10.6 Å². The van der Waals surface area contributed by atoms with Gasteiger partial charge in [0.2, 0.25) is 0 Å². The van der Waals surface area contributed by atoms with Crippen molar-refractivity contribution in [1.82, 2.24) is 0 Å². The van der Waals surface area contributed by atoms with E-state index in [2.05, 4.69) is 10.6 Å². The highest BCUT2D eigenvalue weighted by Crippen LogP contribution is 2.36. The van der Waals surface area contributed by atoms with Gasteiger partial charge < -0.3 is 10.6 Å². The van der Waals surface area contributed by atoms with Gasteiger partial charge in [0.15, 0.2) is 5.11 Å². The topological polar surface area (TPSA) is 24.1 Å². The quantitative estimate of drug-likeness (QED) is 0.685. The van der Waals surface area contributed by atoms with Crippen molar-refractivity contribution in [3.8, 4) is 0 Å². The fraction of sp³-hybridized carbons (Fsp3) is 0.188. The molecule has 0 atom stereocenters. The highest BCUT2D eigenvalue weighted by atomic mass is 35.5. The van der Waals surface area contributed by atoms with Crippen LogP contribution in [0.25, 0.3) is 0 Å². The van der Waals surface area contributed by atoms with E-state index in [0.29, 0.717) is 0 Å². The Kier molecular flexibility index (Phi) is 5.49. The summed E-state index contributed by atoms with van der Waals surface area (Å²) in [4.78, 5) is 0. The van der Waals surface area contributed by atoms with Crippen LogP contribution in [0.1, 0.15) is 18.1 Å². The molecule has 2 N–H and O–H groups in total. The molecular formula is C16H14ClF3N2S. The molecule has 0 radical (unpaired) electrons. The van der Waals surface area contributed by atoms with E-state index in [4.69, 9.17) is 23.8 Å². The first-order valence-corrected chi connectivity index (χ1v) is 7.62. The summed E-state index contributed by atoms with van der Waals surface area (Å²) in [6.07, 6.45) is -3.59. The van der Waals surface area contributed by atoms with E-state index in [9.17, 15) is 13.2 Å². The van der Waals surface area contributed by atoms with Gasteiger partial charge in [-0.1, -0.05) is 30.7 Å². The maximum Gasteiger partial charge on any atom is 0.417 e. The van der Waals surface area contributed by atoms with Gasteiger partial charge in [-0.15, -0.1) is 0 Å². The maximum absolute atomic E-state index is 12.8. The van der Waals surface area contributed by atoms with Gasteiger partial charge in [0.25, 0.3) is 0 Å². The molecule has 0 saturated heterocycles. The highest BCUT2D eigenvalue weighted by Gasteiger charge is 2.33. The molecule has 0 aromatic heterocycles. The monoisotopic (exact) mass is 358 g/mol. The predicted octanol–water partition coefficient (Wildman–Crippen LogP) is 5.73. The average Bonchev–Trinajstić information content (AvgIpc) is 2.49. The largest absolute Gasteiger partial charge is 0.417 e. The lowest BCUT2D eigenvalue weighted by Gasteiger charge is -2.14. The van der Waals surface area contributed by atoms with Gasteiger partial charge in [0, 0.05) is 11.4 Å². The molecule has 0 heterocycles. The number of anilines is 2. The van der Waals surface area contributed by atoms with Gasteiger partial charge in [-0.05, 0) is 54.5 Å². The molecule has 0 aliphatic rings. The summed E-state index contributed by atoms with van der Waals surface area (Å²) in [5, 5.41) is 5.49. The Morgan fingerprint density at radius 1 is 1.04 bits per heavy atom. The van der Waals surface area contributed by atoms with Crippen LogP contribution in [0.5, 0.6) is 0 Å². The van der Waals surface area contributed by atoms with Crippen LogP contribution < -0.4 is 10.6 Å². The molecule has 23 heavy (non-hydrogen) atoms. The lowest BCUT2D eigenvalue weighted by molar-refractivity contribution is -0.137. The molecule has 0 aliphatic carbocycles. The highest BCUT2D eigenvalue weighted by molar-refractivity contribution is 7.80. The van der Waals surface area contributed by atoms with Crippen molar-refractivity contribution in [2.75, 3.05) is 10.6 Å². The third-order valence-electron chi connectivity index (χ3n) is 3.15. The Morgan fingerprint density at radius 2 is 1.61 bits per heavy atom. The summed E-state index contributed by atoms with van der Waals surface area (Å²) in [6.45, 7) is 2.05. The Balaban J connectivity index is 2.08. The molecule has 0 unspecified atom stereocenters. The second-order valence-electron chi connectivity index (χ2n) is 4.82. The number of rotatable bonds is 3. The van der Waals surface area contributed by atoms with Crippen molar-refractivity contribution < 1.29 is 13.2 Å². The van der Waals surface area contributed by atoms with Gasteiger partial charge in [0.1, 0.15) is 0 Å². The molecule has 0 fully saturated rings. The molecule has 2 nitrogen and oxygen atoms in total. The minimum absolute atomic E-state index is 0.199. The molecule has 2 rings (SSSR count). The molecule has 7 heteroatoms. The lowest BCUT2D eigenvalue weighted by atomic mass is 10.1. The molecule has 0 aliphatic heterocycles. The normalized spacial score (nSPS) is 11.2. The fourth-order valence-electron chi connectivity index (χ4n) is 1.94. The first-order valence-electron chi connectivity index (χ1n) is 6.83. The third-order valence-corrected chi connectivity index (χ3v) is 3.68. The Bertz CT molecular complexity index is 699. The van der Waals surface area contributed by atoms with Crippen LogP contribution in [0.4, 0.5) is 24.5 Å². The Labute approximate surface area is 142 Å². The van der Waals surface area contributed by atoms with Crippen molar-refractivity contribution in [2.45, 2.75) is 19.5 Å². The summed E-state index contributed by atoms with van der Waals surface area (Å²) in [6, 6.07) is 11.2. The molecule has 0 bridgehead atoms. The van der Waals surface area contributed by atoms with Crippen LogP contribution in [-0.4, -0.2) is 5.11 Å². The third kappa shape index (κ3) is 4.84. The first-order chi connectivity index (χ1) is 10.8. The van der Waals surface area contributed by atoms with E-state index in [0.717, 1.165) is 18.2 Å². The van der Waals surface area contributed by atoms with Gasteiger partial charge in [-0.3, -0.25) is 0 Å². The number of alkyl halides is 3. The van der Waals surface area contributed by atoms with Crippen molar-refractivity contribution in [2.24, 2.45) is 0 Å². The van der Waals surface area contributed by atoms with E-state index in [-0.39, 0.29) is 15.8 Å². The molecule has 0 amide bonds. The van der Waals surface area contributed by atoms with Crippen LogP contribution >= 0.6 is 23.8 Å². The number of nitrogens with one attached hydrogen (secondary N) is 2. The number of aryl methyl sites for hydroxylation is 1. The van der Waals surface area contributed by atoms with Gasteiger partial charge >= 0.3 is 6.18 Å². The summed E-state index contributed by atoms with van der Waals surface area (Å²) in [5.41, 5.74) is 1.25.